The van der Waals surface area contributed by atoms with Crippen LogP contribution < -0.4 is 8.37 Å². The number of fused-ring (bicyclic) bond motifs is 1. The Hall–Kier alpha value is -1.42. The van der Waals surface area contributed by atoms with Gasteiger partial charge in [-0.15, -0.1) is 0 Å². The molecular formula is C12H6F6O2S2. The zero-order valence-electron chi connectivity index (χ0n) is 10.4. The van der Waals surface area contributed by atoms with Gasteiger partial charge in [-0.3, -0.25) is 0 Å². The highest BCUT2D eigenvalue weighted by molar-refractivity contribution is 7.96. The van der Waals surface area contributed by atoms with Crippen molar-refractivity contribution in [3.8, 4) is 11.5 Å². The molecule has 2 aromatic rings. The van der Waals surface area contributed by atoms with E-state index in [1.165, 1.54) is 36.4 Å². The number of alkyl halides is 6. The zero-order chi connectivity index (χ0) is 16.4. The van der Waals surface area contributed by atoms with E-state index in [4.69, 9.17) is 0 Å². The Bertz CT molecular complexity index is 603. The van der Waals surface area contributed by atoms with Crippen LogP contribution in [0.5, 0.6) is 11.5 Å². The van der Waals surface area contributed by atoms with E-state index in [1.54, 1.807) is 0 Å². The molecule has 0 amide bonds. The summed E-state index contributed by atoms with van der Waals surface area (Å²) in [5.74, 6) is -0.147. The fourth-order valence-corrected chi connectivity index (χ4v) is 2.09. The Morgan fingerprint density at radius 3 is 1.41 bits per heavy atom. The summed E-state index contributed by atoms with van der Waals surface area (Å²) in [6, 6.07) is 8.18. The summed E-state index contributed by atoms with van der Waals surface area (Å²) in [6.07, 6.45) is 0. The highest BCUT2D eigenvalue weighted by Crippen LogP contribution is 2.36. The molecular weight excluding hydrogens is 354 g/mol. The van der Waals surface area contributed by atoms with Gasteiger partial charge in [-0.25, -0.2) is 0 Å². The van der Waals surface area contributed by atoms with Crippen LogP contribution >= 0.6 is 24.1 Å². The Balaban J connectivity index is 2.16. The topological polar surface area (TPSA) is 18.5 Å². The Labute approximate surface area is 129 Å². The molecule has 0 spiro atoms. The summed E-state index contributed by atoms with van der Waals surface area (Å²) in [5.41, 5.74) is -9.10. The predicted octanol–water partition coefficient (Wildman–Crippen LogP) is 5.93. The molecule has 0 radical (unpaired) electrons. The fourth-order valence-electron chi connectivity index (χ4n) is 1.50. The van der Waals surface area contributed by atoms with Crippen molar-refractivity contribution in [1.82, 2.24) is 0 Å². The van der Waals surface area contributed by atoms with Gasteiger partial charge in [-0.1, -0.05) is 12.1 Å². The minimum atomic E-state index is -4.55. The van der Waals surface area contributed by atoms with Crippen LogP contribution in [0.15, 0.2) is 36.4 Å². The lowest BCUT2D eigenvalue weighted by Crippen LogP contribution is -2.02. The molecule has 22 heavy (non-hydrogen) atoms. The van der Waals surface area contributed by atoms with Crippen LogP contribution in [0.2, 0.25) is 0 Å². The quantitative estimate of drug-likeness (QED) is 0.496. The molecule has 0 aliphatic heterocycles. The number of rotatable bonds is 4. The molecule has 0 aliphatic rings. The Morgan fingerprint density at radius 1 is 0.636 bits per heavy atom. The summed E-state index contributed by atoms with van der Waals surface area (Å²) in [7, 11) is 0. The van der Waals surface area contributed by atoms with Crippen LogP contribution in [0.4, 0.5) is 26.3 Å². The van der Waals surface area contributed by atoms with Crippen molar-refractivity contribution >= 4 is 34.9 Å². The van der Waals surface area contributed by atoms with Crippen molar-refractivity contribution < 1.29 is 34.7 Å². The van der Waals surface area contributed by atoms with Crippen molar-refractivity contribution in [2.45, 2.75) is 11.0 Å². The van der Waals surface area contributed by atoms with Crippen LogP contribution in [0.3, 0.4) is 0 Å². The molecule has 0 unspecified atom stereocenters. The van der Waals surface area contributed by atoms with Crippen molar-refractivity contribution in [2.75, 3.05) is 0 Å². The van der Waals surface area contributed by atoms with Crippen LogP contribution in [-0.4, -0.2) is 11.0 Å². The second-order valence-electron chi connectivity index (χ2n) is 3.90. The molecule has 0 aromatic heterocycles. The van der Waals surface area contributed by atoms with Crippen LogP contribution in [-0.2, 0) is 0 Å². The maximum absolute atomic E-state index is 12.0. The number of halogens is 6. The molecule has 0 aliphatic carbocycles. The summed E-state index contributed by atoms with van der Waals surface area (Å²) in [6.45, 7) is 0. The van der Waals surface area contributed by atoms with Gasteiger partial charge >= 0.3 is 11.0 Å². The molecule has 0 fully saturated rings. The van der Waals surface area contributed by atoms with Crippen molar-refractivity contribution in [3.63, 3.8) is 0 Å². The van der Waals surface area contributed by atoms with Gasteiger partial charge in [0, 0.05) is 0 Å². The lowest BCUT2D eigenvalue weighted by molar-refractivity contribution is -0.0377. The van der Waals surface area contributed by atoms with Gasteiger partial charge < -0.3 is 8.37 Å². The first-order valence-electron chi connectivity index (χ1n) is 5.51. The average molecular weight is 360 g/mol. The van der Waals surface area contributed by atoms with E-state index in [2.05, 4.69) is 8.37 Å². The van der Waals surface area contributed by atoms with E-state index < -0.39 is 35.1 Å². The number of hydrogen-bond acceptors (Lipinski definition) is 4. The van der Waals surface area contributed by atoms with E-state index in [-0.39, 0.29) is 11.5 Å². The number of hydrogen-bond donors (Lipinski definition) is 0. The Kier molecular flexibility index (Phi) is 4.90. The lowest BCUT2D eigenvalue weighted by atomic mass is 10.1. The maximum Gasteiger partial charge on any atom is 0.479 e. The van der Waals surface area contributed by atoms with Crippen LogP contribution in [0.1, 0.15) is 0 Å². The van der Waals surface area contributed by atoms with Gasteiger partial charge in [0.05, 0.1) is 0 Å². The summed E-state index contributed by atoms with van der Waals surface area (Å²) >= 11 is -1.34. The molecule has 0 bridgehead atoms. The van der Waals surface area contributed by atoms with Crippen LogP contribution in [0.25, 0.3) is 10.8 Å². The average Bonchev–Trinajstić information content (AvgIpc) is 2.41. The summed E-state index contributed by atoms with van der Waals surface area (Å²) in [4.78, 5) is 0. The molecule has 10 heteroatoms. The first kappa shape index (κ1) is 16.9. The smallest absolute Gasteiger partial charge is 0.417 e. The molecule has 120 valence electrons. The monoisotopic (exact) mass is 360 g/mol. The molecule has 2 nitrogen and oxygen atoms in total. The highest BCUT2D eigenvalue weighted by Gasteiger charge is 2.32. The minimum absolute atomic E-state index is 0.0737. The van der Waals surface area contributed by atoms with Crippen molar-refractivity contribution in [2.24, 2.45) is 0 Å². The lowest BCUT2D eigenvalue weighted by Gasteiger charge is -2.09. The van der Waals surface area contributed by atoms with Gasteiger partial charge in [0.25, 0.3) is 0 Å². The molecule has 0 saturated carbocycles. The van der Waals surface area contributed by atoms with Gasteiger partial charge in [0.2, 0.25) is 0 Å². The second kappa shape index (κ2) is 6.37. The molecule has 0 heterocycles. The zero-order valence-corrected chi connectivity index (χ0v) is 12.0. The van der Waals surface area contributed by atoms with Gasteiger partial charge in [0.1, 0.15) is 11.5 Å². The van der Waals surface area contributed by atoms with Gasteiger partial charge in [-0.2, -0.15) is 26.3 Å². The Morgan fingerprint density at radius 2 is 1.05 bits per heavy atom. The van der Waals surface area contributed by atoms with E-state index in [1.807, 2.05) is 0 Å². The third-order valence-electron chi connectivity index (χ3n) is 2.25. The standard InChI is InChI=1S/C12H6F6O2S2/c13-11(14,15)21-19-9-3-1-7-2-4-10(6-8(7)5-9)20-22-12(16,17)18/h1-6H. The molecule has 0 atom stereocenters. The fraction of sp³-hybridized carbons (Fsp3) is 0.167. The minimum Gasteiger partial charge on any atom is -0.417 e. The van der Waals surface area contributed by atoms with E-state index in [0.29, 0.717) is 10.8 Å². The second-order valence-corrected chi connectivity index (χ2v) is 5.49. The van der Waals surface area contributed by atoms with Gasteiger partial charge in [0.15, 0.2) is 24.1 Å². The third-order valence-corrected chi connectivity index (χ3v) is 3.18. The largest absolute Gasteiger partial charge is 0.479 e. The van der Waals surface area contributed by atoms with E-state index >= 15 is 0 Å². The predicted molar refractivity (Wildman–Crippen MR) is 72.5 cm³/mol. The van der Waals surface area contributed by atoms with Gasteiger partial charge in [-0.05, 0) is 35.0 Å². The highest BCUT2D eigenvalue weighted by atomic mass is 32.2. The molecule has 0 N–H and O–H groups in total. The van der Waals surface area contributed by atoms with Crippen LogP contribution in [0, 0.1) is 0 Å². The normalized spacial score (nSPS) is 12.5. The first-order valence-corrected chi connectivity index (χ1v) is 6.99. The maximum atomic E-state index is 12.0. The summed E-state index contributed by atoms with van der Waals surface area (Å²) in [5, 5.41) is 1.01. The molecule has 0 saturated heterocycles. The SMILES string of the molecule is FC(F)(F)SOc1ccc2ccc(OSC(F)(F)F)cc2c1. The van der Waals surface area contributed by atoms with E-state index in [9.17, 15) is 26.3 Å². The number of benzene rings is 2. The molecule has 2 rings (SSSR count). The van der Waals surface area contributed by atoms with Crippen molar-refractivity contribution in [3.05, 3.63) is 36.4 Å². The third kappa shape index (κ3) is 5.41. The summed E-state index contributed by atoms with van der Waals surface area (Å²) < 4.78 is 81.2. The molecule has 2 aromatic carbocycles. The van der Waals surface area contributed by atoms with Crippen molar-refractivity contribution in [1.29, 1.82) is 0 Å². The first-order chi connectivity index (χ1) is 10.1. The van der Waals surface area contributed by atoms with E-state index in [0.717, 1.165) is 0 Å².